The molecular weight excluding hydrogens is 524 g/mol. The highest BCUT2D eigenvalue weighted by atomic mass is 16.7. The summed E-state index contributed by atoms with van der Waals surface area (Å²) in [6.45, 7) is 5.87. The summed E-state index contributed by atoms with van der Waals surface area (Å²) in [5.41, 5.74) is 4.62. The minimum absolute atomic E-state index is 0.0359. The Morgan fingerprint density at radius 3 is 2.00 bits per heavy atom. The number of ether oxygens (including phenoxy) is 2. The zero-order chi connectivity index (χ0) is 29.1. The van der Waals surface area contributed by atoms with E-state index in [0.29, 0.717) is 16.4 Å². The molecule has 1 unspecified atom stereocenters. The van der Waals surface area contributed by atoms with Crippen LogP contribution >= 0.6 is 0 Å². The number of carbonyl (C=O) groups excluding carboxylic acids is 4. The number of nitrogens with one attached hydrogen (secondary N) is 1. The molecule has 212 valence electrons. The molecule has 0 saturated carbocycles. The van der Waals surface area contributed by atoms with Crippen LogP contribution in [0.25, 0.3) is 11.1 Å². The molecule has 5 rings (SSSR count). The van der Waals surface area contributed by atoms with Crippen LogP contribution in [0.3, 0.4) is 0 Å². The van der Waals surface area contributed by atoms with Crippen molar-refractivity contribution in [3.05, 3.63) is 89.5 Å². The second-order valence-corrected chi connectivity index (χ2v) is 11.1. The highest BCUT2D eigenvalue weighted by molar-refractivity contribution is 6.02. The molecule has 1 N–H and O–H groups in total. The summed E-state index contributed by atoms with van der Waals surface area (Å²) in [6.07, 6.45) is -0.854. The van der Waals surface area contributed by atoms with Gasteiger partial charge in [0, 0.05) is 25.2 Å². The predicted octanol–water partition coefficient (Wildman–Crippen LogP) is 4.92. The molecule has 3 aromatic rings. The fourth-order valence-corrected chi connectivity index (χ4v) is 5.07. The molecule has 1 saturated heterocycles. The first kappa shape index (κ1) is 27.9. The van der Waals surface area contributed by atoms with E-state index in [1.807, 2.05) is 69.3 Å². The van der Waals surface area contributed by atoms with Crippen LogP contribution in [0, 0.1) is 0 Å². The Labute approximate surface area is 238 Å². The van der Waals surface area contributed by atoms with E-state index in [-0.39, 0.29) is 37.4 Å². The van der Waals surface area contributed by atoms with Gasteiger partial charge in [0.25, 0.3) is 11.8 Å². The van der Waals surface area contributed by atoms with Gasteiger partial charge in [0.15, 0.2) is 0 Å². The maximum absolute atomic E-state index is 13.1. The number of imide groups is 1. The predicted molar refractivity (Wildman–Crippen MR) is 150 cm³/mol. The van der Waals surface area contributed by atoms with Gasteiger partial charge in [-0.15, -0.1) is 5.06 Å². The van der Waals surface area contributed by atoms with E-state index < -0.39 is 29.9 Å². The minimum atomic E-state index is -1.22. The van der Waals surface area contributed by atoms with Gasteiger partial charge in [-0.05, 0) is 60.7 Å². The molecular formula is C32H32N2O7. The van der Waals surface area contributed by atoms with Gasteiger partial charge in [0.1, 0.15) is 24.0 Å². The van der Waals surface area contributed by atoms with Crippen molar-refractivity contribution in [3.8, 4) is 16.9 Å². The van der Waals surface area contributed by atoms with Gasteiger partial charge in [0.2, 0.25) is 0 Å². The maximum atomic E-state index is 13.1. The Morgan fingerprint density at radius 2 is 1.44 bits per heavy atom. The van der Waals surface area contributed by atoms with Crippen LogP contribution in [0.5, 0.6) is 5.75 Å². The van der Waals surface area contributed by atoms with Gasteiger partial charge in [-0.1, -0.05) is 60.7 Å². The molecule has 0 aromatic heterocycles. The quantitative estimate of drug-likeness (QED) is 0.392. The Kier molecular flexibility index (Phi) is 7.79. The van der Waals surface area contributed by atoms with E-state index in [4.69, 9.17) is 14.3 Å². The first-order valence-corrected chi connectivity index (χ1v) is 13.6. The third kappa shape index (κ3) is 6.40. The lowest BCUT2D eigenvalue weighted by molar-refractivity contribution is -0.198. The Hall–Kier alpha value is -4.66. The summed E-state index contributed by atoms with van der Waals surface area (Å²) >= 11 is 0. The van der Waals surface area contributed by atoms with Crippen LogP contribution in [0.4, 0.5) is 4.79 Å². The van der Waals surface area contributed by atoms with Crippen molar-refractivity contribution in [3.63, 3.8) is 0 Å². The molecule has 1 atom stereocenters. The number of nitrogens with zero attached hydrogens (tertiary/aromatic N) is 1. The number of carbonyl (C=O) groups is 4. The zero-order valence-electron chi connectivity index (χ0n) is 23.2. The first-order chi connectivity index (χ1) is 19.6. The van der Waals surface area contributed by atoms with Crippen LogP contribution < -0.4 is 10.1 Å². The molecule has 41 heavy (non-hydrogen) atoms. The summed E-state index contributed by atoms with van der Waals surface area (Å²) < 4.78 is 11.5. The van der Waals surface area contributed by atoms with Crippen molar-refractivity contribution in [1.29, 1.82) is 0 Å². The molecule has 1 fully saturated rings. The Bertz CT molecular complexity index is 1410. The van der Waals surface area contributed by atoms with Crippen LogP contribution in [-0.4, -0.2) is 47.2 Å². The first-order valence-electron chi connectivity index (χ1n) is 13.6. The van der Waals surface area contributed by atoms with Crippen LogP contribution in [0.15, 0.2) is 72.8 Å². The normalized spacial score (nSPS) is 15.2. The fraction of sp³-hybridized carbons (Fsp3) is 0.312. The van der Waals surface area contributed by atoms with Gasteiger partial charge in [-0.3, -0.25) is 9.59 Å². The molecule has 3 amide bonds. The van der Waals surface area contributed by atoms with Crippen molar-refractivity contribution >= 4 is 23.9 Å². The summed E-state index contributed by atoms with van der Waals surface area (Å²) in [7, 11) is 0. The lowest BCUT2D eigenvalue weighted by Gasteiger charge is -2.22. The number of fused-ring (bicyclic) bond motifs is 3. The van der Waals surface area contributed by atoms with Crippen molar-refractivity contribution in [2.24, 2.45) is 0 Å². The summed E-state index contributed by atoms with van der Waals surface area (Å²) in [4.78, 5) is 55.3. The van der Waals surface area contributed by atoms with Crippen molar-refractivity contribution in [1.82, 2.24) is 10.4 Å². The smallest absolute Gasteiger partial charge is 0.407 e. The average molecular weight is 557 g/mol. The second kappa shape index (κ2) is 11.4. The standard InChI is InChI=1S/C32H32N2O7/c1-32(2,3)40-21-14-12-20(13-15-21)18-27(30(37)41-34-28(35)16-17-29(34)36)33-31(38)39-19-26-24-10-6-4-8-22(24)23-9-5-7-11-25(23)26/h4-15,26-27H,16-19H2,1-3H3,(H,33,38). The van der Waals surface area contributed by atoms with Gasteiger partial charge in [-0.2, -0.15) is 0 Å². The summed E-state index contributed by atoms with van der Waals surface area (Å²) in [6, 6.07) is 21.8. The van der Waals surface area contributed by atoms with Gasteiger partial charge in [0.05, 0.1) is 0 Å². The van der Waals surface area contributed by atoms with E-state index in [0.717, 1.165) is 22.3 Å². The number of benzene rings is 3. The van der Waals surface area contributed by atoms with Crippen molar-refractivity contribution < 1.29 is 33.5 Å². The minimum Gasteiger partial charge on any atom is -0.488 e. The number of amides is 3. The molecule has 0 radical (unpaired) electrons. The highest BCUT2D eigenvalue weighted by Gasteiger charge is 2.36. The molecule has 2 aliphatic rings. The molecule has 1 aliphatic heterocycles. The van der Waals surface area contributed by atoms with Gasteiger partial charge < -0.3 is 19.6 Å². The monoisotopic (exact) mass is 556 g/mol. The largest absolute Gasteiger partial charge is 0.488 e. The third-order valence-electron chi connectivity index (χ3n) is 6.89. The number of hydrogen-bond donors (Lipinski definition) is 1. The van der Waals surface area contributed by atoms with E-state index in [1.54, 1.807) is 24.3 Å². The summed E-state index contributed by atoms with van der Waals surface area (Å²) in [5, 5.41) is 3.04. The molecule has 9 nitrogen and oxygen atoms in total. The number of hydrogen-bond acceptors (Lipinski definition) is 7. The van der Waals surface area contributed by atoms with Crippen LogP contribution in [0.2, 0.25) is 0 Å². The number of hydroxylamine groups is 2. The van der Waals surface area contributed by atoms with E-state index in [2.05, 4.69) is 5.32 Å². The molecule has 1 heterocycles. The lowest BCUT2D eigenvalue weighted by atomic mass is 9.98. The molecule has 0 spiro atoms. The molecule has 1 aliphatic carbocycles. The number of rotatable bonds is 8. The maximum Gasteiger partial charge on any atom is 0.407 e. The summed E-state index contributed by atoms with van der Waals surface area (Å²) in [5.74, 6) is -1.66. The van der Waals surface area contributed by atoms with Crippen molar-refractivity contribution in [2.75, 3.05) is 6.61 Å². The van der Waals surface area contributed by atoms with E-state index >= 15 is 0 Å². The SMILES string of the molecule is CC(C)(C)Oc1ccc(CC(NC(=O)OCC2c3ccccc3-c3ccccc32)C(=O)ON2C(=O)CCC2=O)cc1. The van der Waals surface area contributed by atoms with Crippen LogP contribution in [-0.2, 0) is 30.4 Å². The third-order valence-corrected chi connectivity index (χ3v) is 6.89. The van der Waals surface area contributed by atoms with Gasteiger partial charge in [-0.25, -0.2) is 9.59 Å². The van der Waals surface area contributed by atoms with Gasteiger partial charge >= 0.3 is 12.1 Å². The van der Waals surface area contributed by atoms with Crippen LogP contribution in [0.1, 0.15) is 56.2 Å². The molecule has 9 heteroatoms. The second-order valence-electron chi connectivity index (χ2n) is 11.1. The molecule has 3 aromatic carbocycles. The molecule has 0 bridgehead atoms. The Balaban J connectivity index is 1.29. The average Bonchev–Trinajstić information content (AvgIpc) is 3.43. The zero-order valence-corrected chi connectivity index (χ0v) is 23.2. The van der Waals surface area contributed by atoms with Crippen molar-refractivity contribution in [2.45, 2.75) is 57.6 Å². The van der Waals surface area contributed by atoms with E-state index in [9.17, 15) is 19.2 Å². The topological polar surface area (TPSA) is 111 Å². The number of alkyl carbamates (subject to hydrolysis) is 1. The lowest BCUT2D eigenvalue weighted by Crippen LogP contribution is -2.46. The highest BCUT2D eigenvalue weighted by Crippen LogP contribution is 2.44. The van der Waals surface area contributed by atoms with E-state index in [1.165, 1.54) is 0 Å². The fourth-order valence-electron chi connectivity index (χ4n) is 5.07. The Morgan fingerprint density at radius 1 is 0.878 bits per heavy atom.